The zero-order chi connectivity index (χ0) is 18.5. The van der Waals surface area contributed by atoms with Crippen LogP contribution in [0.2, 0.25) is 0 Å². The quantitative estimate of drug-likeness (QED) is 0.909. The number of pyridine rings is 1. The number of nitrogens with one attached hydrogen (secondary N) is 1. The third kappa shape index (κ3) is 4.20. The summed E-state index contributed by atoms with van der Waals surface area (Å²) in [6.07, 6.45) is 3.20. The van der Waals surface area contributed by atoms with Gasteiger partial charge in [-0.15, -0.1) is 0 Å². The topological polar surface area (TPSA) is 69.0 Å². The normalized spacial score (nSPS) is 14.9. The molecule has 1 amide bonds. The van der Waals surface area contributed by atoms with Crippen molar-refractivity contribution in [2.45, 2.75) is 32.6 Å². The summed E-state index contributed by atoms with van der Waals surface area (Å²) in [6.45, 7) is 5.90. The van der Waals surface area contributed by atoms with Gasteiger partial charge in [-0.05, 0) is 48.6 Å². The molecule has 0 atom stereocenters. The third-order valence-electron chi connectivity index (χ3n) is 4.91. The highest BCUT2D eigenvalue weighted by Gasteiger charge is 2.25. The number of benzene rings is 1. The van der Waals surface area contributed by atoms with Crippen molar-refractivity contribution in [2.24, 2.45) is 5.92 Å². The van der Waals surface area contributed by atoms with Gasteiger partial charge in [0.15, 0.2) is 0 Å². The molecule has 0 spiro atoms. The van der Waals surface area contributed by atoms with Crippen molar-refractivity contribution < 1.29 is 4.79 Å². The van der Waals surface area contributed by atoms with Crippen LogP contribution < -0.4 is 10.2 Å². The first-order valence-electron chi connectivity index (χ1n) is 9.08. The number of rotatable bonds is 4. The summed E-state index contributed by atoms with van der Waals surface area (Å²) >= 11 is 0. The van der Waals surface area contributed by atoms with Crippen LogP contribution in [-0.4, -0.2) is 24.0 Å². The number of aromatic nitrogens is 1. The van der Waals surface area contributed by atoms with E-state index in [9.17, 15) is 4.79 Å². The zero-order valence-electron chi connectivity index (χ0n) is 15.3. The molecule has 2 heterocycles. The Morgan fingerprint density at radius 1 is 1.19 bits per heavy atom. The van der Waals surface area contributed by atoms with Gasteiger partial charge >= 0.3 is 0 Å². The summed E-state index contributed by atoms with van der Waals surface area (Å²) in [5.74, 6) is 1.47. The van der Waals surface area contributed by atoms with Crippen LogP contribution in [0.3, 0.4) is 0 Å². The fourth-order valence-corrected chi connectivity index (χ4v) is 3.21. The molecule has 0 aliphatic carbocycles. The smallest absolute Gasteiger partial charge is 0.227 e. The highest BCUT2D eigenvalue weighted by Crippen LogP contribution is 2.24. The SMILES string of the molecule is CC(C)c1ccc(NC(=O)C2CCN(c3ccc(C#N)cn3)CC2)cc1. The molecular weight excluding hydrogens is 324 g/mol. The Balaban J connectivity index is 1.53. The fraction of sp³-hybridized carbons (Fsp3) is 0.381. The molecule has 26 heavy (non-hydrogen) atoms. The van der Waals surface area contributed by atoms with E-state index < -0.39 is 0 Å². The fourth-order valence-electron chi connectivity index (χ4n) is 3.21. The second-order valence-electron chi connectivity index (χ2n) is 7.04. The lowest BCUT2D eigenvalue weighted by Crippen LogP contribution is -2.38. The van der Waals surface area contributed by atoms with Gasteiger partial charge in [0.2, 0.25) is 5.91 Å². The lowest BCUT2D eigenvalue weighted by atomic mass is 9.95. The van der Waals surface area contributed by atoms with Crippen molar-refractivity contribution >= 4 is 17.4 Å². The van der Waals surface area contributed by atoms with Crippen LogP contribution in [0.4, 0.5) is 11.5 Å². The first kappa shape index (κ1) is 17.9. The van der Waals surface area contributed by atoms with E-state index in [0.29, 0.717) is 11.5 Å². The average Bonchev–Trinajstić information content (AvgIpc) is 2.68. The van der Waals surface area contributed by atoms with E-state index in [1.807, 2.05) is 18.2 Å². The summed E-state index contributed by atoms with van der Waals surface area (Å²) in [5, 5.41) is 11.9. The Morgan fingerprint density at radius 2 is 1.88 bits per heavy atom. The molecule has 0 radical (unpaired) electrons. The van der Waals surface area contributed by atoms with Gasteiger partial charge in [-0.2, -0.15) is 5.26 Å². The highest BCUT2D eigenvalue weighted by atomic mass is 16.1. The Labute approximate surface area is 154 Å². The summed E-state index contributed by atoms with van der Waals surface area (Å²) in [4.78, 5) is 19.0. The molecule has 5 nitrogen and oxygen atoms in total. The van der Waals surface area contributed by atoms with Gasteiger partial charge in [0.05, 0.1) is 5.56 Å². The molecule has 2 aromatic rings. The third-order valence-corrected chi connectivity index (χ3v) is 4.91. The van der Waals surface area contributed by atoms with E-state index in [1.165, 1.54) is 5.56 Å². The minimum absolute atomic E-state index is 0.0226. The van der Waals surface area contributed by atoms with Gasteiger partial charge in [-0.25, -0.2) is 4.98 Å². The molecule has 5 heteroatoms. The van der Waals surface area contributed by atoms with Gasteiger partial charge in [0.1, 0.15) is 11.9 Å². The lowest BCUT2D eigenvalue weighted by molar-refractivity contribution is -0.120. The number of piperidine rings is 1. The van der Waals surface area contributed by atoms with Crippen LogP contribution in [0, 0.1) is 17.2 Å². The average molecular weight is 348 g/mol. The Morgan fingerprint density at radius 3 is 2.42 bits per heavy atom. The van der Waals surface area contributed by atoms with Crippen LogP contribution in [0.1, 0.15) is 43.7 Å². The van der Waals surface area contributed by atoms with Crippen molar-refractivity contribution in [2.75, 3.05) is 23.3 Å². The van der Waals surface area contributed by atoms with Crippen LogP contribution in [0.25, 0.3) is 0 Å². The van der Waals surface area contributed by atoms with E-state index in [1.54, 1.807) is 12.3 Å². The molecule has 1 aliphatic heterocycles. The maximum atomic E-state index is 12.5. The Bertz CT molecular complexity index is 782. The lowest BCUT2D eigenvalue weighted by Gasteiger charge is -2.32. The predicted octanol–water partition coefficient (Wildman–Crippen LogP) is 3.93. The minimum atomic E-state index is 0.0226. The van der Waals surface area contributed by atoms with Gasteiger partial charge in [0, 0.05) is 30.9 Å². The van der Waals surface area contributed by atoms with Crippen LogP contribution in [0.5, 0.6) is 0 Å². The molecule has 0 unspecified atom stereocenters. The first-order chi connectivity index (χ1) is 12.6. The van der Waals surface area contributed by atoms with E-state index >= 15 is 0 Å². The number of anilines is 2. The van der Waals surface area contributed by atoms with Crippen LogP contribution in [-0.2, 0) is 4.79 Å². The second-order valence-corrected chi connectivity index (χ2v) is 7.04. The predicted molar refractivity (Wildman–Crippen MR) is 103 cm³/mol. The summed E-state index contributed by atoms with van der Waals surface area (Å²) in [5.41, 5.74) is 2.69. The van der Waals surface area contributed by atoms with E-state index in [2.05, 4.69) is 47.3 Å². The largest absolute Gasteiger partial charge is 0.357 e. The minimum Gasteiger partial charge on any atom is -0.357 e. The standard InChI is InChI=1S/C21H24N4O/c1-15(2)17-4-6-19(7-5-17)24-21(26)18-9-11-25(12-10-18)20-8-3-16(13-22)14-23-20/h3-8,14-15,18H,9-12H2,1-2H3,(H,24,26). The number of nitrogens with zero attached hydrogens (tertiary/aromatic N) is 3. The van der Waals surface area contributed by atoms with Gasteiger partial charge in [0.25, 0.3) is 0 Å². The first-order valence-corrected chi connectivity index (χ1v) is 9.08. The maximum absolute atomic E-state index is 12.5. The molecule has 1 saturated heterocycles. The monoisotopic (exact) mass is 348 g/mol. The molecule has 134 valence electrons. The van der Waals surface area contributed by atoms with Crippen molar-refractivity contribution in [1.29, 1.82) is 5.26 Å². The van der Waals surface area contributed by atoms with E-state index in [4.69, 9.17) is 5.26 Å². The number of carbonyl (C=O) groups is 1. The molecule has 1 aromatic carbocycles. The highest BCUT2D eigenvalue weighted by molar-refractivity contribution is 5.92. The maximum Gasteiger partial charge on any atom is 0.227 e. The number of nitriles is 1. The van der Waals surface area contributed by atoms with Crippen molar-refractivity contribution in [3.05, 3.63) is 53.7 Å². The van der Waals surface area contributed by atoms with Gasteiger partial charge in [-0.1, -0.05) is 26.0 Å². The molecule has 0 bridgehead atoms. The molecule has 1 aromatic heterocycles. The Hall–Kier alpha value is -2.87. The number of hydrogen-bond acceptors (Lipinski definition) is 4. The van der Waals surface area contributed by atoms with E-state index in [0.717, 1.165) is 37.4 Å². The number of hydrogen-bond donors (Lipinski definition) is 1. The van der Waals surface area contributed by atoms with Crippen molar-refractivity contribution in [1.82, 2.24) is 4.98 Å². The molecule has 3 rings (SSSR count). The molecule has 1 aliphatic rings. The summed E-state index contributed by atoms with van der Waals surface area (Å²) < 4.78 is 0. The molecule has 0 saturated carbocycles. The summed E-state index contributed by atoms with van der Waals surface area (Å²) in [6, 6.07) is 13.8. The van der Waals surface area contributed by atoms with Gasteiger partial charge in [-0.3, -0.25) is 4.79 Å². The van der Waals surface area contributed by atoms with Crippen LogP contribution >= 0.6 is 0 Å². The zero-order valence-corrected chi connectivity index (χ0v) is 15.3. The van der Waals surface area contributed by atoms with Crippen molar-refractivity contribution in [3.63, 3.8) is 0 Å². The van der Waals surface area contributed by atoms with E-state index in [-0.39, 0.29) is 11.8 Å². The Kier molecular flexibility index (Phi) is 5.52. The van der Waals surface area contributed by atoms with Gasteiger partial charge < -0.3 is 10.2 Å². The summed E-state index contributed by atoms with van der Waals surface area (Å²) in [7, 11) is 0. The molecule has 1 fully saturated rings. The molecule has 1 N–H and O–H groups in total. The van der Waals surface area contributed by atoms with Crippen molar-refractivity contribution in [3.8, 4) is 6.07 Å². The second kappa shape index (κ2) is 8.01. The van der Waals surface area contributed by atoms with Crippen LogP contribution in [0.15, 0.2) is 42.6 Å². The number of amides is 1. The number of carbonyl (C=O) groups excluding carboxylic acids is 1. The molecular formula is C21H24N4O.